The molecule has 2 aliphatic carbocycles. The number of anilines is 6. The van der Waals surface area contributed by atoms with Gasteiger partial charge in [0.05, 0.1) is 16.8 Å². The summed E-state index contributed by atoms with van der Waals surface area (Å²) in [5.74, 6) is 0. The summed E-state index contributed by atoms with van der Waals surface area (Å²) >= 11 is 0. The van der Waals surface area contributed by atoms with Gasteiger partial charge in [0, 0.05) is 44.3 Å². The average molecular weight is 1060 g/mol. The van der Waals surface area contributed by atoms with E-state index in [4.69, 9.17) is 8.83 Å². The molecule has 388 valence electrons. The van der Waals surface area contributed by atoms with Crippen molar-refractivity contribution in [3.05, 3.63) is 326 Å². The molecule has 0 N–H and O–H groups in total. The van der Waals surface area contributed by atoms with E-state index in [-0.39, 0.29) is 0 Å². The molecule has 15 aromatic rings. The van der Waals surface area contributed by atoms with Gasteiger partial charge in [0.15, 0.2) is 11.2 Å². The summed E-state index contributed by atoms with van der Waals surface area (Å²) in [6.45, 7) is 0. The second-order valence-corrected chi connectivity index (χ2v) is 21.9. The molecule has 0 saturated heterocycles. The van der Waals surface area contributed by atoms with E-state index in [0.29, 0.717) is 0 Å². The predicted octanol–water partition coefficient (Wildman–Crippen LogP) is 21.8. The lowest BCUT2D eigenvalue weighted by atomic mass is 9.70. The lowest BCUT2D eigenvalue weighted by Gasteiger charge is -2.31. The van der Waals surface area contributed by atoms with Gasteiger partial charge >= 0.3 is 0 Å². The zero-order valence-corrected chi connectivity index (χ0v) is 45.1. The zero-order chi connectivity index (χ0) is 54.6. The lowest BCUT2D eigenvalue weighted by molar-refractivity contribution is 0.669. The molecule has 1 spiro atoms. The van der Waals surface area contributed by atoms with Crippen LogP contribution in [0, 0.1) is 0 Å². The van der Waals surface area contributed by atoms with Gasteiger partial charge in [0.1, 0.15) is 11.2 Å². The molecule has 0 bridgehead atoms. The Morgan fingerprint density at radius 2 is 0.614 bits per heavy atom. The first kappa shape index (κ1) is 46.9. The Morgan fingerprint density at radius 1 is 0.241 bits per heavy atom. The van der Waals surface area contributed by atoms with Crippen molar-refractivity contribution in [2.45, 2.75) is 5.41 Å². The van der Waals surface area contributed by atoms with Crippen LogP contribution >= 0.6 is 0 Å². The van der Waals surface area contributed by atoms with Gasteiger partial charge in [-0.15, -0.1) is 0 Å². The second kappa shape index (κ2) is 18.6. The van der Waals surface area contributed by atoms with Crippen LogP contribution < -0.4 is 9.80 Å². The van der Waals surface area contributed by atoms with Crippen LogP contribution in [-0.2, 0) is 5.41 Å². The molecular weight excluding hydrogens is 1010 g/mol. The van der Waals surface area contributed by atoms with Crippen molar-refractivity contribution in [2.24, 2.45) is 0 Å². The molecule has 13 aromatic carbocycles. The third-order valence-electron chi connectivity index (χ3n) is 17.5. The third-order valence-corrected chi connectivity index (χ3v) is 17.5. The summed E-state index contributed by atoms with van der Waals surface area (Å²) in [6.07, 6.45) is 0. The number of rotatable bonds is 9. The highest BCUT2D eigenvalue weighted by Gasteiger charge is 2.52. The van der Waals surface area contributed by atoms with E-state index >= 15 is 0 Å². The van der Waals surface area contributed by atoms with Crippen molar-refractivity contribution in [1.29, 1.82) is 0 Å². The van der Waals surface area contributed by atoms with E-state index < -0.39 is 5.41 Å². The van der Waals surface area contributed by atoms with Crippen molar-refractivity contribution in [2.75, 3.05) is 9.80 Å². The maximum absolute atomic E-state index is 7.00. The van der Waals surface area contributed by atoms with Gasteiger partial charge in [-0.25, -0.2) is 0 Å². The zero-order valence-electron chi connectivity index (χ0n) is 45.1. The predicted molar refractivity (Wildman–Crippen MR) is 343 cm³/mol. The van der Waals surface area contributed by atoms with Crippen molar-refractivity contribution in [3.63, 3.8) is 0 Å². The minimum Gasteiger partial charge on any atom is -0.454 e. The maximum atomic E-state index is 7.00. The first-order valence-corrected chi connectivity index (χ1v) is 28.5. The Morgan fingerprint density at radius 3 is 1.12 bits per heavy atom. The second-order valence-electron chi connectivity index (χ2n) is 21.9. The standard InChI is InChI=1S/C79H50N2O2/c1-3-20-51(21-4-1)53-40-44-56(45-41-53)80(72-36-18-30-65-63-26-10-15-38-74(63)82-77(65)72)58-48-55(60-29-17-35-71-76(60)67-28-9-14-34-70(67)79(71)68-32-12-7-24-61(68)62-25-8-13-33-69(62)79)49-59(50-58)81(57-46-42-54(43-47-57)52-22-5-2-6-23-52)73-37-19-31-66-64-27-11-16-39-75(64)83-78(66)73/h1-50H. The fraction of sp³-hybridized carbons (Fsp3) is 0.0127. The fourth-order valence-electron chi connectivity index (χ4n) is 13.9. The highest BCUT2D eigenvalue weighted by Crippen LogP contribution is 2.64. The molecule has 0 saturated carbocycles. The summed E-state index contributed by atoms with van der Waals surface area (Å²) in [5.41, 5.74) is 25.5. The normalized spacial score (nSPS) is 12.7. The summed E-state index contributed by atoms with van der Waals surface area (Å²) < 4.78 is 14.0. The molecular formula is C79H50N2O2. The molecule has 0 aliphatic heterocycles. The van der Waals surface area contributed by atoms with Gasteiger partial charge in [-0.1, -0.05) is 237 Å². The van der Waals surface area contributed by atoms with Crippen LogP contribution in [0.1, 0.15) is 22.3 Å². The number of hydrogen-bond acceptors (Lipinski definition) is 4. The third kappa shape index (κ3) is 7.13. The highest BCUT2D eigenvalue weighted by atomic mass is 16.3. The summed E-state index contributed by atoms with van der Waals surface area (Å²) in [7, 11) is 0. The van der Waals surface area contributed by atoms with Crippen molar-refractivity contribution >= 4 is 78.0 Å². The van der Waals surface area contributed by atoms with E-state index in [1.54, 1.807) is 0 Å². The smallest absolute Gasteiger partial charge is 0.159 e. The quantitative estimate of drug-likeness (QED) is 0.144. The van der Waals surface area contributed by atoms with Crippen LogP contribution in [0.4, 0.5) is 34.1 Å². The van der Waals surface area contributed by atoms with Gasteiger partial charge in [0.25, 0.3) is 0 Å². The molecule has 0 radical (unpaired) electrons. The minimum atomic E-state index is -0.525. The Balaban J connectivity index is 0.974. The Labute approximate surface area is 480 Å². The molecule has 17 rings (SSSR count). The van der Waals surface area contributed by atoms with Crippen LogP contribution in [0.15, 0.2) is 312 Å². The Bertz CT molecular complexity index is 4770. The van der Waals surface area contributed by atoms with E-state index in [0.717, 1.165) is 111 Å². The molecule has 0 fully saturated rings. The number of fused-ring (bicyclic) bond motifs is 16. The van der Waals surface area contributed by atoms with Crippen molar-refractivity contribution in [3.8, 4) is 55.6 Å². The van der Waals surface area contributed by atoms with Crippen molar-refractivity contribution in [1.82, 2.24) is 0 Å². The van der Waals surface area contributed by atoms with Gasteiger partial charge in [0.2, 0.25) is 0 Å². The van der Waals surface area contributed by atoms with E-state index in [2.05, 4.69) is 301 Å². The van der Waals surface area contributed by atoms with Gasteiger partial charge in [-0.3, -0.25) is 0 Å². The van der Waals surface area contributed by atoms with E-state index in [1.807, 2.05) is 12.1 Å². The van der Waals surface area contributed by atoms with Crippen molar-refractivity contribution < 1.29 is 8.83 Å². The first-order valence-electron chi connectivity index (χ1n) is 28.5. The molecule has 0 atom stereocenters. The molecule has 0 amide bonds. The summed E-state index contributed by atoms with van der Waals surface area (Å²) in [4.78, 5) is 4.79. The minimum absolute atomic E-state index is 0.525. The first-order chi connectivity index (χ1) is 41.2. The average Bonchev–Trinajstić information content (AvgIpc) is 1.57. The number of nitrogens with zero attached hydrogens (tertiary/aromatic N) is 2. The molecule has 4 heteroatoms. The van der Waals surface area contributed by atoms with E-state index in [1.165, 1.54) is 44.5 Å². The molecule has 2 aromatic heterocycles. The number of para-hydroxylation sites is 4. The molecule has 83 heavy (non-hydrogen) atoms. The molecule has 0 unspecified atom stereocenters. The number of furan rings is 2. The molecule has 4 nitrogen and oxygen atoms in total. The van der Waals surface area contributed by atoms with Gasteiger partial charge in [-0.2, -0.15) is 0 Å². The van der Waals surface area contributed by atoms with Crippen LogP contribution in [0.2, 0.25) is 0 Å². The number of benzene rings is 13. The lowest BCUT2D eigenvalue weighted by Crippen LogP contribution is -2.25. The van der Waals surface area contributed by atoms with Crippen LogP contribution in [0.25, 0.3) is 99.5 Å². The van der Waals surface area contributed by atoms with Crippen LogP contribution in [0.5, 0.6) is 0 Å². The van der Waals surface area contributed by atoms with Gasteiger partial charge < -0.3 is 18.6 Å². The monoisotopic (exact) mass is 1060 g/mol. The van der Waals surface area contributed by atoms with Crippen LogP contribution in [-0.4, -0.2) is 0 Å². The fourth-order valence-corrected chi connectivity index (χ4v) is 13.9. The van der Waals surface area contributed by atoms with Gasteiger partial charge in [-0.05, 0) is 145 Å². The highest BCUT2D eigenvalue weighted by molar-refractivity contribution is 6.12. The van der Waals surface area contributed by atoms with E-state index in [9.17, 15) is 0 Å². The molecule has 2 aliphatic rings. The Hall–Kier alpha value is -10.9. The number of hydrogen-bond donors (Lipinski definition) is 0. The maximum Gasteiger partial charge on any atom is 0.159 e. The molecule has 2 heterocycles. The van der Waals surface area contributed by atoms with Crippen LogP contribution in [0.3, 0.4) is 0 Å². The summed E-state index contributed by atoms with van der Waals surface area (Å²) in [5, 5.41) is 4.25. The SMILES string of the molecule is c1ccc(-c2ccc(N(c3cc(-c4cccc5c4-c4ccccc4C54c5ccccc5-c5ccccc54)cc(N(c4ccc(-c5ccccc5)cc4)c4cccc5c4oc4ccccc45)c3)c3cccc4c3oc3ccccc34)cc2)cc1. The largest absolute Gasteiger partial charge is 0.454 e. The Kier molecular flexibility index (Phi) is 10.5. The topological polar surface area (TPSA) is 32.8 Å². The summed E-state index contributed by atoms with van der Waals surface area (Å²) in [6, 6.07) is 110.